The lowest BCUT2D eigenvalue weighted by Gasteiger charge is -2.35. The molecule has 0 radical (unpaired) electrons. The standard InChI is InChI=1S/C17H15FN4O3/c1-2-21-9-12(8-19)16(23)22(17(21)24)10-14-7-15(20-25-14)11-3-5-13(18)6-4-11/h3-7,12H,2,9-10H2,1H3. The lowest BCUT2D eigenvalue weighted by atomic mass is 10.1. The van der Waals surface area contributed by atoms with Gasteiger partial charge < -0.3 is 9.42 Å². The molecule has 1 saturated heterocycles. The summed E-state index contributed by atoms with van der Waals surface area (Å²) >= 11 is 0. The van der Waals surface area contributed by atoms with Crippen molar-refractivity contribution < 1.29 is 18.5 Å². The van der Waals surface area contributed by atoms with Crippen LogP contribution in [0.25, 0.3) is 11.3 Å². The summed E-state index contributed by atoms with van der Waals surface area (Å²) in [6.07, 6.45) is 0. The molecule has 0 bridgehead atoms. The molecule has 7 nitrogen and oxygen atoms in total. The van der Waals surface area contributed by atoms with Crippen LogP contribution < -0.4 is 0 Å². The van der Waals surface area contributed by atoms with Crippen molar-refractivity contribution in [1.82, 2.24) is 15.0 Å². The van der Waals surface area contributed by atoms with E-state index >= 15 is 0 Å². The molecule has 3 rings (SSSR count). The van der Waals surface area contributed by atoms with Gasteiger partial charge in [-0.25, -0.2) is 9.18 Å². The molecule has 1 aliphatic rings. The highest BCUT2D eigenvalue weighted by Crippen LogP contribution is 2.23. The Bertz CT molecular complexity index is 840. The zero-order valence-corrected chi connectivity index (χ0v) is 13.5. The summed E-state index contributed by atoms with van der Waals surface area (Å²) in [5.41, 5.74) is 1.12. The van der Waals surface area contributed by atoms with Gasteiger partial charge in [0.05, 0.1) is 12.6 Å². The minimum absolute atomic E-state index is 0.0956. The minimum atomic E-state index is -0.892. The van der Waals surface area contributed by atoms with Crippen molar-refractivity contribution >= 4 is 11.9 Å². The number of nitrogens with zero attached hydrogens (tertiary/aromatic N) is 4. The second kappa shape index (κ2) is 6.73. The summed E-state index contributed by atoms with van der Waals surface area (Å²) in [5, 5.41) is 13.0. The van der Waals surface area contributed by atoms with E-state index in [2.05, 4.69) is 5.16 Å². The Balaban J connectivity index is 1.81. The average Bonchev–Trinajstić information content (AvgIpc) is 3.08. The Kier molecular flexibility index (Phi) is 4.48. The van der Waals surface area contributed by atoms with Crippen molar-refractivity contribution in [2.45, 2.75) is 13.5 Å². The van der Waals surface area contributed by atoms with Crippen molar-refractivity contribution in [2.24, 2.45) is 5.92 Å². The third-order valence-corrected chi connectivity index (χ3v) is 4.02. The van der Waals surface area contributed by atoms with E-state index in [0.29, 0.717) is 23.6 Å². The fraction of sp³-hybridized carbons (Fsp3) is 0.294. The molecule has 1 aromatic carbocycles. The van der Waals surface area contributed by atoms with Gasteiger partial charge in [0.15, 0.2) is 5.76 Å². The van der Waals surface area contributed by atoms with Crippen LogP contribution in [0.2, 0.25) is 0 Å². The van der Waals surface area contributed by atoms with E-state index in [1.165, 1.54) is 17.0 Å². The first-order valence-corrected chi connectivity index (χ1v) is 7.75. The van der Waals surface area contributed by atoms with Crippen LogP contribution in [0.5, 0.6) is 0 Å². The number of imide groups is 1. The number of benzene rings is 1. The van der Waals surface area contributed by atoms with Crippen molar-refractivity contribution in [1.29, 1.82) is 5.26 Å². The number of hydrogen-bond acceptors (Lipinski definition) is 5. The molecule has 2 aromatic rings. The number of halogens is 1. The molecule has 0 saturated carbocycles. The molecule has 25 heavy (non-hydrogen) atoms. The maximum Gasteiger partial charge on any atom is 0.327 e. The summed E-state index contributed by atoms with van der Waals surface area (Å²) < 4.78 is 18.2. The van der Waals surface area contributed by atoms with Gasteiger partial charge in [-0.1, -0.05) is 5.16 Å². The number of carbonyl (C=O) groups is 2. The van der Waals surface area contributed by atoms with Gasteiger partial charge in [0.1, 0.15) is 17.4 Å². The second-order valence-corrected chi connectivity index (χ2v) is 5.61. The number of carbonyl (C=O) groups excluding carboxylic acids is 2. The predicted octanol–water partition coefficient (Wildman–Crippen LogP) is 2.40. The number of hydrogen-bond donors (Lipinski definition) is 0. The van der Waals surface area contributed by atoms with Crippen LogP contribution in [-0.2, 0) is 11.3 Å². The molecule has 0 spiro atoms. The summed E-state index contributed by atoms with van der Waals surface area (Å²) in [6.45, 7) is 2.17. The van der Waals surface area contributed by atoms with Crippen LogP contribution in [0.15, 0.2) is 34.9 Å². The topological polar surface area (TPSA) is 90.4 Å². The first-order chi connectivity index (χ1) is 12.0. The quantitative estimate of drug-likeness (QED) is 0.851. The molecule has 1 aromatic heterocycles. The maximum absolute atomic E-state index is 13.0. The Labute approximate surface area is 143 Å². The average molecular weight is 342 g/mol. The fourth-order valence-electron chi connectivity index (χ4n) is 2.64. The van der Waals surface area contributed by atoms with Crippen molar-refractivity contribution in [2.75, 3.05) is 13.1 Å². The van der Waals surface area contributed by atoms with Gasteiger partial charge in [0, 0.05) is 24.7 Å². The van der Waals surface area contributed by atoms with E-state index in [0.717, 1.165) is 4.90 Å². The van der Waals surface area contributed by atoms with Crippen LogP contribution in [-0.4, -0.2) is 40.0 Å². The molecular weight excluding hydrogens is 327 g/mol. The monoisotopic (exact) mass is 342 g/mol. The SMILES string of the molecule is CCN1CC(C#N)C(=O)N(Cc2cc(-c3ccc(F)cc3)no2)C1=O. The zero-order valence-electron chi connectivity index (χ0n) is 13.5. The zero-order chi connectivity index (χ0) is 18.0. The van der Waals surface area contributed by atoms with Gasteiger partial charge in [-0.3, -0.25) is 9.69 Å². The Morgan fingerprint density at radius 2 is 2.08 bits per heavy atom. The summed E-state index contributed by atoms with van der Waals surface area (Å²) in [4.78, 5) is 27.1. The van der Waals surface area contributed by atoms with Crippen molar-refractivity contribution in [3.63, 3.8) is 0 Å². The van der Waals surface area contributed by atoms with Gasteiger partial charge in [0.2, 0.25) is 5.91 Å². The molecule has 1 fully saturated rings. The van der Waals surface area contributed by atoms with Gasteiger partial charge in [-0.2, -0.15) is 5.26 Å². The molecule has 3 amide bonds. The van der Waals surface area contributed by atoms with Gasteiger partial charge >= 0.3 is 6.03 Å². The smallest absolute Gasteiger partial charge is 0.327 e. The van der Waals surface area contributed by atoms with E-state index < -0.39 is 17.9 Å². The normalized spacial score (nSPS) is 17.7. The van der Waals surface area contributed by atoms with Crippen LogP contribution in [0.1, 0.15) is 12.7 Å². The lowest BCUT2D eigenvalue weighted by molar-refractivity contribution is -0.134. The third-order valence-electron chi connectivity index (χ3n) is 4.02. The fourth-order valence-corrected chi connectivity index (χ4v) is 2.64. The Morgan fingerprint density at radius 1 is 1.36 bits per heavy atom. The molecule has 0 N–H and O–H groups in total. The number of amides is 3. The molecule has 1 unspecified atom stereocenters. The number of rotatable bonds is 4. The van der Waals surface area contributed by atoms with Crippen LogP contribution in [0.3, 0.4) is 0 Å². The van der Waals surface area contributed by atoms with Gasteiger partial charge in [-0.05, 0) is 31.2 Å². The summed E-state index contributed by atoms with van der Waals surface area (Å²) in [7, 11) is 0. The highest BCUT2D eigenvalue weighted by Gasteiger charge is 2.39. The van der Waals surface area contributed by atoms with Crippen LogP contribution in [0.4, 0.5) is 9.18 Å². The molecule has 1 aliphatic heterocycles. The largest absolute Gasteiger partial charge is 0.359 e. The Morgan fingerprint density at radius 3 is 2.72 bits per heavy atom. The van der Waals surface area contributed by atoms with Crippen LogP contribution >= 0.6 is 0 Å². The Hall–Kier alpha value is -3.21. The first-order valence-electron chi connectivity index (χ1n) is 7.75. The maximum atomic E-state index is 13.0. The van der Waals surface area contributed by atoms with E-state index in [-0.39, 0.29) is 18.9 Å². The molecule has 1 atom stereocenters. The highest BCUT2D eigenvalue weighted by molar-refractivity contribution is 5.99. The summed E-state index contributed by atoms with van der Waals surface area (Å²) in [5.74, 6) is -1.50. The highest BCUT2D eigenvalue weighted by atomic mass is 19.1. The van der Waals surface area contributed by atoms with E-state index in [9.17, 15) is 14.0 Å². The van der Waals surface area contributed by atoms with Crippen molar-refractivity contribution in [3.8, 4) is 17.3 Å². The second-order valence-electron chi connectivity index (χ2n) is 5.61. The van der Waals surface area contributed by atoms with Crippen LogP contribution in [0, 0.1) is 23.1 Å². The third kappa shape index (κ3) is 3.21. The van der Waals surface area contributed by atoms with E-state index in [1.807, 2.05) is 6.07 Å². The summed E-state index contributed by atoms with van der Waals surface area (Å²) in [6, 6.07) is 8.76. The predicted molar refractivity (Wildman–Crippen MR) is 84.2 cm³/mol. The molecular formula is C17H15FN4O3. The molecule has 128 valence electrons. The lowest BCUT2D eigenvalue weighted by Crippen LogP contribution is -2.55. The van der Waals surface area contributed by atoms with Crippen molar-refractivity contribution in [3.05, 3.63) is 41.9 Å². The molecule has 0 aliphatic carbocycles. The first kappa shape index (κ1) is 16.6. The van der Waals surface area contributed by atoms with E-state index in [1.54, 1.807) is 25.1 Å². The number of aromatic nitrogens is 1. The molecule has 2 heterocycles. The number of urea groups is 1. The minimum Gasteiger partial charge on any atom is -0.359 e. The van der Waals surface area contributed by atoms with Gasteiger partial charge in [0.25, 0.3) is 0 Å². The molecule has 8 heteroatoms. The van der Waals surface area contributed by atoms with Gasteiger partial charge in [-0.15, -0.1) is 0 Å². The number of nitriles is 1. The van der Waals surface area contributed by atoms with E-state index in [4.69, 9.17) is 9.78 Å².